The number of hydrogen-bond acceptors (Lipinski definition) is 4. The summed E-state index contributed by atoms with van der Waals surface area (Å²) < 4.78 is 18.9. The summed E-state index contributed by atoms with van der Waals surface area (Å²) >= 11 is 0. The number of nitrogens with one attached hydrogen (secondary N) is 2. The topological polar surface area (TPSA) is 93.8 Å². The molecule has 0 saturated heterocycles. The number of aryl methyl sites for hydroxylation is 1. The van der Waals surface area contributed by atoms with E-state index in [0.29, 0.717) is 23.4 Å². The van der Waals surface area contributed by atoms with Crippen molar-refractivity contribution in [1.82, 2.24) is 24.9 Å². The molecule has 0 aliphatic heterocycles. The third-order valence-electron chi connectivity index (χ3n) is 8.08. The summed E-state index contributed by atoms with van der Waals surface area (Å²) in [4.78, 5) is 27.5. The van der Waals surface area contributed by atoms with Crippen LogP contribution in [0.2, 0.25) is 0 Å². The Labute approximate surface area is 266 Å². The highest BCUT2D eigenvalue weighted by Gasteiger charge is 2.33. The zero-order chi connectivity index (χ0) is 32.0. The number of rotatable bonds is 10. The number of amides is 2. The molecule has 0 aliphatic carbocycles. The molecule has 46 heavy (non-hydrogen) atoms. The quantitative estimate of drug-likeness (QED) is 0.189. The Morgan fingerprint density at radius 3 is 2.02 bits per heavy atom. The molecule has 2 amide bonds. The Morgan fingerprint density at radius 1 is 0.804 bits per heavy atom. The lowest BCUT2D eigenvalue weighted by Gasteiger charge is -2.28. The minimum atomic E-state index is -1.05. The van der Waals surface area contributed by atoms with Crippen LogP contribution in [0, 0.1) is 12.7 Å². The van der Waals surface area contributed by atoms with Gasteiger partial charge in [0.25, 0.3) is 5.91 Å². The Hall–Kier alpha value is -5.83. The molecule has 0 radical (unpaired) electrons. The van der Waals surface area contributed by atoms with Crippen molar-refractivity contribution < 1.29 is 14.0 Å². The first kappa shape index (κ1) is 30.2. The van der Waals surface area contributed by atoms with Gasteiger partial charge in [0.1, 0.15) is 17.6 Å². The highest BCUT2D eigenvalue weighted by Crippen LogP contribution is 2.31. The fourth-order valence-electron chi connectivity index (χ4n) is 5.67. The molecular formula is C37H33FN6O2. The van der Waals surface area contributed by atoms with E-state index < -0.39 is 29.6 Å². The van der Waals surface area contributed by atoms with Crippen LogP contribution >= 0.6 is 0 Å². The second kappa shape index (κ2) is 13.4. The van der Waals surface area contributed by atoms with E-state index in [-0.39, 0.29) is 5.69 Å². The van der Waals surface area contributed by atoms with Crippen LogP contribution in [0.15, 0.2) is 128 Å². The van der Waals surface area contributed by atoms with Crippen molar-refractivity contribution >= 4 is 17.5 Å². The third kappa shape index (κ3) is 6.49. The zero-order valence-electron chi connectivity index (χ0n) is 25.5. The summed E-state index contributed by atoms with van der Waals surface area (Å²) in [6.45, 7) is 2.47. The van der Waals surface area contributed by atoms with Gasteiger partial charge in [-0.1, -0.05) is 91.0 Å². The number of halogens is 1. The number of aromatic nitrogens is 4. The van der Waals surface area contributed by atoms with Gasteiger partial charge in [-0.2, -0.15) is 10.2 Å². The van der Waals surface area contributed by atoms with Crippen molar-refractivity contribution in [3.8, 4) is 11.1 Å². The molecule has 6 rings (SSSR count). The number of carbonyl (C=O) groups is 2. The number of benzene rings is 4. The molecule has 1 unspecified atom stereocenters. The second-order valence-corrected chi connectivity index (χ2v) is 11.1. The van der Waals surface area contributed by atoms with Gasteiger partial charge in [0.2, 0.25) is 5.91 Å². The van der Waals surface area contributed by atoms with Crippen LogP contribution in [-0.4, -0.2) is 37.4 Å². The average Bonchev–Trinajstić information content (AvgIpc) is 3.67. The van der Waals surface area contributed by atoms with Gasteiger partial charge in [-0.15, -0.1) is 0 Å². The molecular weight excluding hydrogens is 579 g/mol. The summed E-state index contributed by atoms with van der Waals surface area (Å²) in [5, 5.41) is 14.4. The van der Waals surface area contributed by atoms with Crippen molar-refractivity contribution in [3.05, 3.63) is 162 Å². The van der Waals surface area contributed by atoms with E-state index in [1.165, 1.54) is 16.9 Å². The van der Waals surface area contributed by atoms with Crippen molar-refractivity contribution in [2.24, 2.45) is 7.05 Å². The van der Waals surface area contributed by atoms with Gasteiger partial charge in [-0.05, 0) is 47.9 Å². The molecule has 6 aromatic rings. The van der Waals surface area contributed by atoms with Gasteiger partial charge in [-0.3, -0.25) is 19.0 Å². The Morgan fingerprint density at radius 2 is 1.43 bits per heavy atom. The van der Waals surface area contributed by atoms with Crippen molar-refractivity contribution in [3.63, 3.8) is 0 Å². The highest BCUT2D eigenvalue weighted by molar-refractivity contribution is 6.01. The normalized spacial score (nSPS) is 11.7. The van der Waals surface area contributed by atoms with E-state index >= 15 is 4.39 Å². The highest BCUT2D eigenvalue weighted by atomic mass is 19.1. The Bertz CT molecular complexity index is 1910. The van der Waals surface area contributed by atoms with Gasteiger partial charge in [0.15, 0.2) is 0 Å². The molecule has 8 nitrogen and oxygen atoms in total. The first-order valence-electron chi connectivity index (χ1n) is 14.9. The lowest BCUT2D eigenvalue weighted by molar-refractivity contribution is -0.118. The van der Waals surface area contributed by atoms with E-state index in [4.69, 9.17) is 0 Å². The zero-order valence-corrected chi connectivity index (χ0v) is 25.5. The molecule has 2 N–H and O–H groups in total. The predicted molar refractivity (Wildman–Crippen MR) is 176 cm³/mol. The predicted octanol–water partition coefficient (Wildman–Crippen LogP) is 6.35. The lowest BCUT2D eigenvalue weighted by atomic mass is 9.84. The smallest absolute Gasteiger partial charge is 0.270 e. The van der Waals surface area contributed by atoms with E-state index in [1.54, 1.807) is 31.4 Å². The minimum absolute atomic E-state index is 0.264. The molecule has 4 aromatic carbocycles. The monoisotopic (exact) mass is 612 g/mol. The van der Waals surface area contributed by atoms with Crippen LogP contribution in [-0.2, 0) is 18.4 Å². The number of nitrogens with zero attached hydrogens (tertiary/aromatic N) is 4. The minimum Gasteiger partial charge on any atom is -0.338 e. The van der Waals surface area contributed by atoms with Crippen molar-refractivity contribution in [2.75, 3.05) is 5.32 Å². The Balaban J connectivity index is 1.30. The summed E-state index contributed by atoms with van der Waals surface area (Å²) in [6, 6.07) is 34.1. The summed E-state index contributed by atoms with van der Waals surface area (Å²) in [5.74, 6) is -1.99. The molecule has 2 aromatic heterocycles. The standard InChI is InChI=1S/C37H33FN6O2/c1-25-31(23-40-44(25)24-26-12-6-3-7-13-26)30-19-18-29(22-32(30)38)41-37(46)35(42-36(45)33-20-21-39-43(33)2)34(27-14-8-4-9-15-27)28-16-10-5-11-17-28/h3-23,34-35H,24H2,1-2H3,(H,41,46)(H,42,45). The molecule has 0 fully saturated rings. The number of hydrogen-bond donors (Lipinski definition) is 2. The molecule has 230 valence electrons. The average molecular weight is 613 g/mol. The van der Waals surface area contributed by atoms with E-state index in [2.05, 4.69) is 20.8 Å². The largest absolute Gasteiger partial charge is 0.338 e. The Kier molecular flexibility index (Phi) is 8.82. The van der Waals surface area contributed by atoms with Crippen molar-refractivity contribution in [1.29, 1.82) is 0 Å². The first-order valence-corrected chi connectivity index (χ1v) is 14.9. The lowest BCUT2D eigenvalue weighted by Crippen LogP contribution is -2.48. The molecule has 9 heteroatoms. The fraction of sp³-hybridized carbons (Fsp3) is 0.135. The fourth-order valence-corrected chi connectivity index (χ4v) is 5.67. The molecule has 1 atom stereocenters. The maximum atomic E-state index is 15.7. The summed E-state index contributed by atoms with van der Waals surface area (Å²) in [6.07, 6.45) is 3.18. The van der Waals surface area contributed by atoms with Gasteiger partial charge < -0.3 is 10.6 Å². The van der Waals surface area contributed by atoms with Gasteiger partial charge in [0, 0.05) is 41.7 Å². The second-order valence-electron chi connectivity index (χ2n) is 11.1. The third-order valence-corrected chi connectivity index (χ3v) is 8.08. The maximum Gasteiger partial charge on any atom is 0.270 e. The van der Waals surface area contributed by atoms with Crippen LogP contribution in [0.4, 0.5) is 10.1 Å². The van der Waals surface area contributed by atoms with Crippen LogP contribution < -0.4 is 10.6 Å². The maximum absolute atomic E-state index is 15.7. The number of anilines is 1. The van der Waals surface area contributed by atoms with E-state index in [1.807, 2.05) is 103 Å². The van der Waals surface area contributed by atoms with Crippen LogP contribution in [0.1, 0.15) is 38.8 Å². The van der Waals surface area contributed by atoms with Crippen LogP contribution in [0.25, 0.3) is 11.1 Å². The van der Waals surface area contributed by atoms with Crippen molar-refractivity contribution in [2.45, 2.75) is 25.4 Å². The molecule has 0 bridgehead atoms. The SMILES string of the molecule is Cc1c(-c2ccc(NC(=O)C(NC(=O)c3ccnn3C)C(c3ccccc3)c3ccccc3)cc2F)cnn1Cc1ccccc1. The van der Waals surface area contributed by atoms with Gasteiger partial charge in [-0.25, -0.2) is 4.39 Å². The molecule has 0 spiro atoms. The first-order chi connectivity index (χ1) is 22.4. The van der Waals surface area contributed by atoms with E-state index in [9.17, 15) is 9.59 Å². The number of carbonyl (C=O) groups excluding carboxylic acids is 2. The summed E-state index contributed by atoms with van der Waals surface area (Å²) in [5.41, 5.74) is 5.20. The van der Waals surface area contributed by atoms with Gasteiger partial charge in [0.05, 0.1) is 12.7 Å². The summed E-state index contributed by atoms with van der Waals surface area (Å²) in [7, 11) is 1.66. The van der Waals surface area contributed by atoms with Crippen LogP contribution in [0.3, 0.4) is 0 Å². The van der Waals surface area contributed by atoms with Gasteiger partial charge >= 0.3 is 0 Å². The molecule has 2 heterocycles. The van der Waals surface area contributed by atoms with E-state index in [0.717, 1.165) is 22.4 Å². The molecule has 0 saturated carbocycles. The molecule has 0 aliphatic rings. The van der Waals surface area contributed by atoms with Crippen LogP contribution in [0.5, 0.6) is 0 Å².